The van der Waals surface area contributed by atoms with Crippen LogP contribution in [0.4, 0.5) is 0 Å². The van der Waals surface area contributed by atoms with Crippen LogP contribution in [0.25, 0.3) is 0 Å². The lowest BCUT2D eigenvalue weighted by atomic mass is 10.2. The first-order valence-corrected chi connectivity index (χ1v) is 6.32. The van der Waals surface area contributed by atoms with Crippen molar-refractivity contribution >= 4 is 23.5 Å². The van der Waals surface area contributed by atoms with E-state index in [2.05, 4.69) is 5.32 Å². The van der Waals surface area contributed by atoms with Gasteiger partial charge in [-0.2, -0.15) is 0 Å². The van der Waals surface area contributed by atoms with Crippen molar-refractivity contribution in [1.29, 1.82) is 0 Å². The minimum atomic E-state index is -1.38. The molecule has 0 heterocycles. The number of amides is 1. The molecule has 0 saturated carbocycles. The Labute approximate surface area is 121 Å². The minimum absolute atomic E-state index is 0.431. The monoisotopic (exact) mass is 301 g/mol. The Morgan fingerprint density at radius 1 is 1.25 bits per heavy atom. The lowest BCUT2D eigenvalue weighted by Gasteiger charge is -2.20. The Balaban J connectivity index is 2.62. The number of hydrogen-bond donors (Lipinski definition) is 3. The molecule has 20 heavy (non-hydrogen) atoms. The third-order valence-corrected chi connectivity index (χ3v) is 2.79. The molecule has 0 fully saturated rings. The van der Waals surface area contributed by atoms with Crippen LogP contribution in [-0.4, -0.2) is 40.3 Å². The number of carbonyl (C=O) groups excluding carboxylic acids is 1. The molecule has 3 unspecified atom stereocenters. The predicted octanol–water partition coefficient (Wildman–Crippen LogP) is 1.06. The summed E-state index contributed by atoms with van der Waals surface area (Å²) in [5.41, 5.74) is 0. The summed E-state index contributed by atoms with van der Waals surface area (Å²) in [4.78, 5) is 22.7. The summed E-state index contributed by atoms with van der Waals surface area (Å²) < 4.78 is 5.35. The smallest absolute Gasteiger partial charge is 0.328 e. The Bertz CT molecular complexity index is 474. The van der Waals surface area contributed by atoms with Crippen LogP contribution in [0.2, 0.25) is 5.02 Å². The number of carbonyl (C=O) groups is 2. The molecule has 0 aliphatic rings. The maximum Gasteiger partial charge on any atom is 0.328 e. The fourth-order valence-corrected chi connectivity index (χ4v) is 1.56. The summed E-state index contributed by atoms with van der Waals surface area (Å²) >= 11 is 5.72. The van der Waals surface area contributed by atoms with Gasteiger partial charge in [0.2, 0.25) is 0 Å². The molecule has 1 rings (SSSR count). The Morgan fingerprint density at radius 3 is 2.25 bits per heavy atom. The number of aliphatic hydroxyl groups excluding tert-OH is 1. The molecule has 1 aromatic carbocycles. The normalized spacial score (nSPS) is 15.0. The van der Waals surface area contributed by atoms with E-state index in [-0.39, 0.29) is 0 Å². The van der Waals surface area contributed by atoms with E-state index in [4.69, 9.17) is 21.4 Å². The summed E-state index contributed by atoms with van der Waals surface area (Å²) in [5, 5.41) is 20.9. The third-order valence-electron chi connectivity index (χ3n) is 2.54. The molecule has 7 heteroatoms. The van der Waals surface area contributed by atoms with E-state index in [0.717, 1.165) is 0 Å². The van der Waals surface area contributed by atoms with Crippen molar-refractivity contribution in [2.75, 3.05) is 0 Å². The highest BCUT2D eigenvalue weighted by atomic mass is 35.5. The van der Waals surface area contributed by atoms with Gasteiger partial charge in [0, 0.05) is 5.02 Å². The van der Waals surface area contributed by atoms with Crippen LogP contribution < -0.4 is 10.1 Å². The van der Waals surface area contributed by atoms with Gasteiger partial charge in [-0.1, -0.05) is 11.6 Å². The molecular formula is C13H16ClNO5. The molecule has 110 valence electrons. The molecule has 0 saturated heterocycles. The number of halogens is 1. The van der Waals surface area contributed by atoms with Crippen LogP contribution in [0.1, 0.15) is 13.8 Å². The molecule has 0 aromatic heterocycles. The van der Waals surface area contributed by atoms with Gasteiger partial charge < -0.3 is 20.3 Å². The number of carboxylic acids is 1. The minimum Gasteiger partial charge on any atom is -0.481 e. The van der Waals surface area contributed by atoms with Crippen LogP contribution in [0.3, 0.4) is 0 Å². The molecule has 0 spiro atoms. The number of nitrogens with one attached hydrogen (secondary N) is 1. The summed E-state index contributed by atoms with van der Waals surface area (Å²) in [5.74, 6) is -1.51. The molecule has 1 aromatic rings. The first kappa shape index (κ1) is 16.3. The van der Waals surface area contributed by atoms with Crippen molar-refractivity contribution in [1.82, 2.24) is 5.32 Å². The van der Waals surface area contributed by atoms with Gasteiger partial charge in [0.1, 0.15) is 5.75 Å². The van der Waals surface area contributed by atoms with Gasteiger partial charge in [-0.15, -0.1) is 0 Å². The Morgan fingerprint density at radius 2 is 1.80 bits per heavy atom. The average molecular weight is 302 g/mol. The number of carboxylic acid groups (broad SMARTS) is 1. The maximum atomic E-state index is 11.8. The molecular weight excluding hydrogens is 286 g/mol. The number of hydrogen-bond acceptors (Lipinski definition) is 4. The highest BCUT2D eigenvalue weighted by Crippen LogP contribution is 2.16. The van der Waals surface area contributed by atoms with E-state index < -0.39 is 30.1 Å². The van der Waals surface area contributed by atoms with Crippen molar-refractivity contribution in [3.05, 3.63) is 29.3 Å². The van der Waals surface area contributed by atoms with Crippen LogP contribution >= 0.6 is 11.6 Å². The maximum absolute atomic E-state index is 11.8. The van der Waals surface area contributed by atoms with Crippen molar-refractivity contribution in [3.63, 3.8) is 0 Å². The topological polar surface area (TPSA) is 95.9 Å². The van der Waals surface area contributed by atoms with Crippen LogP contribution in [-0.2, 0) is 9.59 Å². The first-order valence-electron chi connectivity index (χ1n) is 5.94. The summed E-state index contributed by atoms with van der Waals surface area (Å²) in [6.45, 7) is 2.76. The predicted molar refractivity (Wildman–Crippen MR) is 72.8 cm³/mol. The van der Waals surface area contributed by atoms with E-state index in [1.54, 1.807) is 24.3 Å². The van der Waals surface area contributed by atoms with Crippen molar-refractivity contribution in [3.8, 4) is 5.75 Å². The van der Waals surface area contributed by atoms with Gasteiger partial charge in [0.25, 0.3) is 5.91 Å². The highest BCUT2D eigenvalue weighted by molar-refractivity contribution is 6.30. The SMILES string of the molecule is CC(Oc1ccc(Cl)cc1)C(=O)NC(C(=O)O)C(C)O. The van der Waals surface area contributed by atoms with E-state index in [9.17, 15) is 14.7 Å². The molecule has 0 aliphatic heterocycles. The van der Waals surface area contributed by atoms with E-state index in [1.807, 2.05) is 0 Å². The average Bonchev–Trinajstić information content (AvgIpc) is 2.37. The summed E-state index contributed by atoms with van der Waals surface area (Å²) in [6.07, 6.45) is -2.11. The van der Waals surface area contributed by atoms with Gasteiger partial charge in [0.15, 0.2) is 12.1 Å². The van der Waals surface area contributed by atoms with Gasteiger partial charge in [-0.25, -0.2) is 4.79 Å². The molecule has 3 N–H and O–H groups in total. The second-order valence-corrected chi connectivity index (χ2v) is 4.72. The zero-order chi connectivity index (χ0) is 15.3. The number of benzene rings is 1. The quantitative estimate of drug-likeness (QED) is 0.730. The molecule has 3 atom stereocenters. The lowest BCUT2D eigenvalue weighted by molar-refractivity contribution is -0.145. The highest BCUT2D eigenvalue weighted by Gasteiger charge is 2.27. The van der Waals surface area contributed by atoms with E-state index >= 15 is 0 Å². The lowest BCUT2D eigenvalue weighted by Crippen LogP contribution is -2.51. The molecule has 0 bridgehead atoms. The fourth-order valence-electron chi connectivity index (χ4n) is 1.43. The van der Waals surface area contributed by atoms with Gasteiger partial charge in [0.05, 0.1) is 6.10 Å². The Kier molecular flexibility index (Phi) is 5.79. The Hall–Kier alpha value is -1.79. The summed E-state index contributed by atoms with van der Waals surface area (Å²) in [6, 6.07) is 5.03. The van der Waals surface area contributed by atoms with Crippen molar-refractivity contribution in [2.24, 2.45) is 0 Å². The number of rotatable bonds is 6. The standard InChI is InChI=1S/C13H16ClNO5/c1-7(16)11(13(18)19)15-12(17)8(2)20-10-5-3-9(14)4-6-10/h3-8,11,16H,1-2H3,(H,15,17)(H,18,19). The molecule has 0 aliphatic carbocycles. The van der Waals surface area contributed by atoms with Crippen molar-refractivity contribution < 1.29 is 24.5 Å². The number of aliphatic carboxylic acids is 1. The van der Waals surface area contributed by atoms with Crippen LogP contribution in [0.5, 0.6) is 5.75 Å². The van der Waals surface area contributed by atoms with E-state index in [1.165, 1.54) is 13.8 Å². The largest absolute Gasteiger partial charge is 0.481 e. The van der Waals surface area contributed by atoms with E-state index in [0.29, 0.717) is 10.8 Å². The second-order valence-electron chi connectivity index (χ2n) is 4.28. The van der Waals surface area contributed by atoms with Crippen LogP contribution in [0, 0.1) is 0 Å². The first-order chi connectivity index (χ1) is 9.31. The van der Waals surface area contributed by atoms with Gasteiger partial charge in [-0.3, -0.25) is 4.79 Å². The number of aliphatic hydroxyl groups is 1. The van der Waals surface area contributed by atoms with Crippen LogP contribution in [0.15, 0.2) is 24.3 Å². The zero-order valence-electron chi connectivity index (χ0n) is 11.0. The molecule has 0 radical (unpaired) electrons. The number of ether oxygens (including phenoxy) is 1. The second kappa shape index (κ2) is 7.12. The molecule has 1 amide bonds. The van der Waals surface area contributed by atoms with Crippen molar-refractivity contribution in [2.45, 2.75) is 32.1 Å². The third kappa shape index (κ3) is 4.71. The summed E-state index contributed by atoms with van der Waals surface area (Å²) in [7, 11) is 0. The molecule has 6 nitrogen and oxygen atoms in total. The van der Waals surface area contributed by atoms with Gasteiger partial charge >= 0.3 is 5.97 Å². The van der Waals surface area contributed by atoms with Gasteiger partial charge in [-0.05, 0) is 38.1 Å². The zero-order valence-corrected chi connectivity index (χ0v) is 11.8. The fraction of sp³-hybridized carbons (Fsp3) is 0.385.